The third-order valence-corrected chi connectivity index (χ3v) is 3.70. The summed E-state index contributed by atoms with van der Waals surface area (Å²) in [5, 5.41) is 21.1. The minimum Gasteiger partial charge on any atom is -0.395 e. The molecule has 108 valence electrons. The van der Waals surface area contributed by atoms with Gasteiger partial charge in [0.05, 0.1) is 6.61 Å². The van der Waals surface area contributed by atoms with Crippen LogP contribution in [0.5, 0.6) is 0 Å². The Balaban J connectivity index is 2.67. The van der Waals surface area contributed by atoms with Crippen LogP contribution >= 0.6 is 11.3 Å². The molecule has 1 heterocycles. The van der Waals surface area contributed by atoms with Crippen LogP contribution in [0.15, 0.2) is 0 Å². The van der Waals surface area contributed by atoms with E-state index in [-0.39, 0.29) is 18.1 Å². The molecule has 0 bridgehead atoms. The highest BCUT2D eigenvalue weighted by Gasteiger charge is 2.21. The molecule has 0 spiro atoms. The normalized spacial score (nSPS) is 11.4. The lowest BCUT2D eigenvalue weighted by Gasteiger charge is -2.20. The number of hydrogen-bond acceptors (Lipinski definition) is 5. The number of aliphatic hydroxyl groups excluding tert-OH is 1. The highest BCUT2D eigenvalue weighted by atomic mass is 32.1. The molecule has 0 atom stereocenters. The summed E-state index contributed by atoms with van der Waals surface area (Å²) >= 11 is 1.38. The molecule has 2 N–H and O–H groups in total. The van der Waals surface area contributed by atoms with E-state index in [1.54, 1.807) is 4.90 Å². The van der Waals surface area contributed by atoms with Crippen molar-refractivity contribution >= 4 is 22.5 Å². The maximum Gasteiger partial charge on any atom is 0.323 e. The fraction of sp³-hybridized carbons (Fsp3) is 0.750. The van der Waals surface area contributed by atoms with E-state index < -0.39 is 0 Å². The van der Waals surface area contributed by atoms with Crippen LogP contribution in [0.3, 0.4) is 0 Å². The number of carbonyl (C=O) groups excluding carboxylic acids is 1. The van der Waals surface area contributed by atoms with E-state index in [2.05, 4.69) is 15.5 Å². The Morgan fingerprint density at radius 3 is 2.53 bits per heavy atom. The number of amides is 2. The molecule has 19 heavy (non-hydrogen) atoms. The molecule has 7 heteroatoms. The highest BCUT2D eigenvalue weighted by molar-refractivity contribution is 7.15. The largest absolute Gasteiger partial charge is 0.395 e. The summed E-state index contributed by atoms with van der Waals surface area (Å²) in [7, 11) is 0. The van der Waals surface area contributed by atoms with Crippen LogP contribution in [0.4, 0.5) is 9.93 Å². The molecule has 0 unspecified atom stereocenters. The van der Waals surface area contributed by atoms with Gasteiger partial charge in [-0.2, -0.15) is 0 Å². The number of anilines is 1. The Bertz CT molecular complexity index is 408. The molecular weight excluding hydrogens is 264 g/mol. The van der Waals surface area contributed by atoms with E-state index in [0.717, 1.165) is 11.4 Å². The predicted octanol–water partition coefficient (Wildman–Crippen LogP) is 2.07. The smallest absolute Gasteiger partial charge is 0.323 e. The lowest BCUT2D eigenvalue weighted by molar-refractivity contribution is 0.188. The van der Waals surface area contributed by atoms with Crippen LogP contribution < -0.4 is 5.32 Å². The van der Waals surface area contributed by atoms with E-state index >= 15 is 0 Å². The number of hydrogen-bond donors (Lipinski definition) is 2. The predicted molar refractivity (Wildman–Crippen MR) is 76.6 cm³/mol. The van der Waals surface area contributed by atoms with Crippen molar-refractivity contribution in [2.24, 2.45) is 0 Å². The summed E-state index contributed by atoms with van der Waals surface area (Å²) < 4.78 is 0. The van der Waals surface area contributed by atoms with Gasteiger partial charge in [0.15, 0.2) is 0 Å². The van der Waals surface area contributed by atoms with E-state index in [4.69, 9.17) is 5.11 Å². The van der Waals surface area contributed by atoms with Gasteiger partial charge in [-0.3, -0.25) is 5.32 Å². The minimum atomic E-state index is -0.243. The summed E-state index contributed by atoms with van der Waals surface area (Å²) in [6.07, 6.45) is 0.844. The summed E-state index contributed by atoms with van der Waals surface area (Å²) in [4.78, 5) is 13.6. The zero-order valence-electron chi connectivity index (χ0n) is 11.9. The first-order chi connectivity index (χ1) is 8.88. The second kappa shape index (κ2) is 6.81. The van der Waals surface area contributed by atoms with Crippen LogP contribution in [0.1, 0.15) is 39.1 Å². The maximum absolute atomic E-state index is 12.0. The average Bonchev–Trinajstić information content (AvgIpc) is 2.77. The van der Waals surface area contributed by atoms with Gasteiger partial charge in [0.25, 0.3) is 0 Å². The van der Waals surface area contributed by atoms with Gasteiger partial charge < -0.3 is 10.0 Å². The summed E-state index contributed by atoms with van der Waals surface area (Å²) in [6.45, 7) is 9.02. The van der Waals surface area contributed by atoms with Gasteiger partial charge >= 0.3 is 6.03 Å². The molecule has 2 amide bonds. The summed E-state index contributed by atoms with van der Waals surface area (Å²) in [5.74, 6) is 0. The Morgan fingerprint density at radius 1 is 1.37 bits per heavy atom. The van der Waals surface area contributed by atoms with Gasteiger partial charge in [-0.15, -0.1) is 10.2 Å². The maximum atomic E-state index is 12.0. The highest BCUT2D eigenvalue weighted by Crippen LogP contribution is 2.27. The van der Waals surface area contributed by atoms with Crippen molar-refractivity contribution in [3.05, 3.63) is 5.01 Å². The number of aliphatic hydroxyl groups is 1. The zero-order valence-corrected chi connectivity index (χ0v) is 12.8. The summed E-state index contributed by atoms with van der Waals surface area (Å²) in [6, 6.07) is -0.243. The fourth-order valence-electron chi connectivity index (χ4n) is 1.45. The number of nitrogens with one attached hydrogen (secondary N) is 1. The Morgan fingerprint density at radius 2 is 2.05 bits per heavy atom. The Hall–Kier alpha value is -1.21. The van der Waals surface area contributed by atoms with E-state index in [1.165, 1.54) is 11.3 Å². The molecular formula is C12H22N4O2S. The molecule has 6 nitrogen and oxygen atoms in total. The standard InChI is InChI=1S/C12H22N4O2S/c1-5-6-16(7-8-17)11(18)13-10-15-14-9(19-10)12(2,3)4/h17H,5-8H2,1-4H3,(H,13,15,18). The first kappa shape index (κ1) is 15.8. The van der Waals surface area contributed by atoms with Gasteiger partial charge in [-0.1, -0.05) is 39.0 Å². The van der Waals surface area contributed by atoms with Crippen LogP contribution in [0.25, 0.3) is 0 Å². The molecule has 0 radical (unpaired) electrons. The number of carbonyl (C=O) groups is 1. The Kier molecular flexibility index (Phi) is 5.68. The van der Waals surface area contributed by atoms with Crippen molar-refractivity contribution in [1.82, 2.24) is 15.1 Å². The second-order valence-corrected chi connectivity index (χ2v) is 6.28. The lowest BCUT2D eigenvalue weighted by Crippen LogP contribution is -2.37. The van der Waals surface area contributed by atoms with Crippen LogP contribution in [0, 0.1) is 0 Å². The van der Waals surface area contributed by atoms with Crippen molar-refractivity contribution in [2.75, 3.05) is 25.0 Å². The second-order valence-electron chi connectivity index (χ2n) is 5.30. The van der Waals surface area contributed by atoms with Gasteiger partial charge in [0.1, 0.15) is 5.01 Å². The average molecular weight is 286 g/mol. The summed E-state index contributed by atoms with van der Waals surface area (Å²) in [5.41, 5.74) is -0.0746. The van der Waals surface area contributed by atoms with Gasteiger partial charge in [-0.05, 0) is 6.42 Å². The third-order valence-electron chi connectivity index (χ3n) is 2.43. The third kappa shape index (κ3) is 4.76. The lowest BCUT2D eigenvalue weighted by atomic mass is 9.98. The van der Waals surface area contributed by atoms with Crippen molar-refractivity contribution < 1.29 is 9.90 Å². The number of urea groups is 1. The van der Waals surface area contributed by atoms with Gasteiger partial charge in [-0.25, -0.2) is 4.79 Å². The van der Waals surface area contributed by atoms with E-state index in [9.17, 15) is 4.79 Å². The molecule has 0 aliphatic carbocycles. The SMILES string of the molecule is CCCN(CCO)C(=O)Nc1nnc(C(C)(C)C)s1. The van der Waals surface area contributed by atoms with Crippen molar-refractivity contribution in [3.8, 4) is 0 Å². The van der Waals surface area contributed by atoms with Crippen LogP contribution in [-0.2, 0) is 5.41 Å². The molecule has 1 rings (SSSR count). The molecule has 0 fully saturated rings. The topological polar surface area (TPSA) is 78.4 Å². The van der Waals surface area contributed by atoms with Crippen molar-refractivity contribution in [2.45, 2.75) is 39.5 Å². The van der Waals surface area contributed by atoms with Crippen LogP contribution in [0.2, 0.25) is 0 Å². The molecule has 0 saturated heterocycles. The Labute approximate surface area is 117 Å². The van der Waals surface area contributed by atoms with Crippen molar-refractivity contribution in [3.63, 3.8) is 0 Å². The van der Waals surface area contributed by atoms with Crippen molar-refractivity contribution in [1.29, 1.82) is 0 Å². The first-order valence-electron chi connectivity index (χ1n) is 6.39. The zero-order chi connectivity index (χ0) is 14.5. The fourth-order valence-corrected chi connectivity index (χ4v) is 2.24. The van der Waals surface area contributed by atoms with Gasteiger partial charge in [0, 0.05) is 18.5 Å². The molecule has 0 aliphatic heterocycles. The minimum absolute atomic E-state index is 0.0449. The quantitative estimate of drug-likeness (QED) is 0.868. The van der Waals surface area contributed by atoms with Crippen LogP contribution in [-0.4, -0.2) is 45.9 Å². The first-order valence-corrected chi connectivity index (χ1v) is 7.21. The monoisotopic (exact) mass is 286 g/mol. The molecule has 1 aromatic rings. The molecule has 0 saturated carbocycles. The molecule has 0 aliphatic rings. The number of rotatable bonds is 5. The number of aromatic nitrogens is 2. The molecule has 1 aromatic heterocycles. The number of nitrogens with zero attached hydrogens (tertiary/aromatic N) is 3. The molecule has 0 aromatic carbocycles. The van der Waals surface area contributed by atoms with Gasteiger partial charge in [0.2, 0.25) is 5.13 Å². The van der Waals surface area contributed by atoms with E-state index in [1.807, 2.05) is 27.7 Å². The van der Waals surface area contributed by atoms with E-state index in [0.29, 0.717) is 18.2 Å².